The molecule has 5 amide bonds. The van der Waals surface area contributed by atoms with E-state index in [9.17, 15) is 39.0 Å². The molecule has 1 aliphatic heterocycles. The van der Waals surface area contributed by atoms with E-state index in [-0.39, 0.29) is 12.1 Å². The topological polar surface area (TPSA) is 178 Å². The number of imide groups is 1. The molecular weight excluding hydrogens is 630 g/mol. The van der Waals surface area contributed by atoms with Crippen molar-refractivity contribution in [3.8, 4) is 0 Å². The first-order valence-corrected chi connectivity index (χ1v) is 15.1. The Hall–Kier alpha value is -6.55. The molecule has 0 bridgehead atoms. The zero-order valence-electron chi connectivity index (χ0n) is 26.2. The molecule has 0 radical (unpaired) electrons. The van der Waals surface area contributed by atoms with Crippen molar-refractivity contribution in [1.82, 2.24) is 20.4 Å². The molecule has 0 spiro atoms. The molecule has 1 heterocycles. The van der Waals surface area contributed by atoms with E-state index in [1.807, 2.05) is 42.5 Å². The fourth-order valence-electron chi connectivity index (χ4n) is 5.77. The van der Waals surface area contributed by atoms with Gasteiger partial charge in [0.1, 0.15) is 18.1 Å². The van der Waals surface area contributed by atoms with Gasteiger partial charge in [0.2, 0.25) is 11.8 Å². The first kappa shape index (κ1) is 33.8. The standard InChI is InChI=1S/C36H31N5O8/c1-36(26-14-16-27(37-2)17-15-26)34(48)40(35(49)41(36)20-22-12-13-23-8-6-7-11-25(23)18-22)21-29(42)38-28(19-30(43)44)32(45)39-31(33(46)47)24-9-4-3-5-10-24/h3-18,28,31H,19-21H2,1H3,(H,38,42)(H,39,45)(H,43,44)(H,46,47)/t28-,31-,36?/m0/s1. The van der Waals surface area contributed by atoms with Gasteiger partial charge in [0, 0.05) is 6.54 Å². The number of carbonyl (C=O) groups excluding carboxylic acids is 4. The lowest BCUT2D eigenvalue weighted by atomic mass is 9.89. The fraction of sp³-hybridized carbons (Fsp3) is 0.194. The zero-order chi connectivity index (χ0) is 35.3. The van der Waals surface area contributed by atoms with Crippen LogP contribution in [0.5, 0.6) is 0 Å². The van der Waals surface area contributed by atoms with Crippen LogP contribution in [0, 0.1) is 6.57 Å². The molecule has 3 atom stereocenters. The molecule has 5 rings (SSSR count). The molecular formula is C36H31N5O8. The van der Waals surface area contributed by atoms with Crippen LogP contribution in [-0.2, 0) is 36.1 Å². The molecule has 1 aliphatic rings. The number of carboxylic acid groups (broad SMARTS) is 2. The molecule has 49 heavy (non-hydrogen) atoms. The van der Waals surface area contributed by atoms with Crippen LogP contribution < -0.4 is 10.6 Å². The summed E-state index contributed by atoms with van der Waals surface area (Å²) in [6.07, 6.45) is -0.903. The quantitative estimate of drug-likeness (QED) is 0.130. The van der Waals surface area contributed by atoms with E-state index in [0.29, 0.717) is 16.8 Å². The summed E-state index contributed by atoms with van der Waals surface area (Å²) in [6, 6.07) is 23.0. The average Bonchev–Trinajstić information content (AvgIpc) is 3.27. The highest BCUT2D eigenvalue weighted by atomic mass is 16.4. The van der Waals surface area contributed by atoms with Crippen molar-refractivity contribution < 1.29 is 39.0 Å². The maximum atomic E-state index is 14.1. The number of urea groups is 1. The molecule has 0 saturated carbocycles. The molecule has 0 aromatic heterocycles. The van der Waals surface area contributed by atoms with Crippen molar-refractivity contribution in [2.45, 2.75) is 37.5 Å². The minimum atomic E-state index is -1.73. The largest absolute Gasteiger partial charge is 0.481 e. The molecule has 0 aliphatic carbocycles. The summed E-state index contributed by atoms with van der Waals surface area (Å²) in [4.78, 5) is 83.5. The molecule has 4 aromatic carbocycles. The predicted octanol–water partition coefficient (Wildman–Crippen LogP) is 3.97. The summed E-state index contributed by atoms with van der Waals surface area (Å²) in [5.74, 6) is -5.74. The van der Waals surface area contributed by atoms with Gasteiger partial charge in [-0.05, 0) is 40.5 Å². The third-order valence-electron chi connectivity index (χ3n) is 8.37. The van der Waals surface area contributed by atoms with Gasteiger partial charge < -0.3 is 25.7 Å². The fourth-order valence-corrected chi connectivity index (χ4v) is 5.77. The Labute approximate surface area is 280 Å². The van der Waals surface area contributed by atoms with Crippen molar-refractivity contribution >= 4 is 52.2 Å². The van der Waals surface area contributed by atoms with Crippen LogP contribution >= 0.6 is 0 Å². The molecule has 4 aromatic rings. The summed E-state index contributed by atoms with van der Waals surface area (Å²) in [7, 11) is 0. The molecule has 1 saturated heterocycles. The van der Waals surface area contributed by atoms with Crippen LogP contribution in [0.3, 0.4) is 0 Å². The van der Waals surface area contributed by atoms with Gasteiger partial charge >= 0.3 is 18.0 Å². The maximum absolute atomic E-state index is 14.1. The van der Waals surface area contributed by atoms with Crippen molar-refractivity contribution in [1.29, 1.82) is 0 Å². The third-order valence-corrected chi connectivity index (χ3v) is 8.37. The Morgan fingerprint density at radius 1 is 0.857 bits per heavy atom. The lowest BCUT2D eigenvalue weighted by Crippen LogP contribution is -2.52. The lowest BCUT2D eigenvalue weighted by molar-refractivity contribution is -0.144. The number of carbonyl (C=O) groups is 6. The van der Waals surface area contributed by atoms with E-state index in [4.69, 9.17) is 6.57 Å². The van der Waals surface area contributed by atoms with Crippen molar-refractivity contribution in [2.75, 3.05) is 6.54 Å². The molecule has 4 N–H and O–H groups in total. The Balaban J connectivity index is 1.40. The van der Waals surface area contributed by atoms with E-state index in [0.717, 1.165) is 15.7 Å². The zero-order valence-corrected chi connectivity index (χ0v) is 26.2. The van der Waals surface area contributed by atoms with Crippen LogP contribution in [0.15, 0.2) is 97.1 Å². The number of amides is 5. The summed E-state index contributed by atoms with van der Waals surface area (Å²) < 4.78 is 0. The number of nitrogens with one attached hydrogen (secondary N) is 2. The molecule has 13 nitrogen and oxygen atoms in total. The first-order valence-electron chi connectivity index (χ1n) is 15.1. The lowest BCUT2D eigenvalue weighted by Gasteiger charge is -2.32. The van der Waals surface area contributed by atoms with Crippen LogP contribution in [0.2, 0.25) is 0 Å². The van der Waals surface area contributed by atoms with Crippen LogP contribution in [-0.4, -0.2) is 68.3 Å². The molecule has 248 valence electrons. The van der Waals surface area contributed by atoms with Gasteiger partial charge in [-0.1, -0.05) is 91.0 Å². The van der Waals surface area contributed by atoms with Crippen molar-refractivity contribution in [2.24, 2.45) is 0 Å². The van der Waals surface area contributed by atoms with E-state index in [2.05, 4.69) is 15.5 Å². The number of hydrogen-bond acceptors (Lipinski definition) is 6. The smallest absolute Gasteiger partial charge is 0.330 e. The first-order chi connectivity index (χ1) is 23.4. The number of fused-ring (bicyclic) bond motifs is 1. The van der Waals surface area contributed by atoms with Gasteiger partial charge in [-0.15, -0.1) is 0 Å². The summed E-state index contributed by atoms with van der Waals surface area (Å²) >= 11 is 0. The van der Waals surface area contributed by atoms with E-state index in [1.165, 1.54) is 36.1 Å². The number of hydrogen-bond donors (Lipinski definition) is 4. The van der Waals surface area contributed by atoms with Gasteiger partial charge in [-0.25, -0.2) is 14.4 Å². The van der Waals surface area contributed by atoms with Gasteiger partial charge in [0.05, 0.1) is 13.0 Å². The monoisotopic (exact) mass is 661 g/mol. The Kier molecular flexibility index (Phi) is 9.70. The highest BCUT2D eigenvalue weighted by Crippen LogP contribution is 2.39. The predicted molar refractivity (Wildman–Crippen MR) is 176 cm³/mol. The number of benzene rings is 4. The van der Waals surface area contributed by atoms with E-state index < -0.39 is 66.3 Å². The second-order valence-electron chi connectivity index (χ2n) is 11.6. The summed E-state index contributed by atoms with van der Waals surface area (Å²) in [5.41, 5.74) is 0.0329. The minimum Gasteiger partial charge on any atom is -0.481 e. The number of rotatable bonds is 12. The van der Waals surface area contributed by atoms with Crippen LogP contribution in [0.1, 0.15) is 36.1 Å². The second-order valence-corrected chi connectivity index (χ2v) is 11.6. The van der Waals surface area contributed by atoms with Crippen molar-refractivity contribution in [3.05, 3.63) is 125 Å². The van der Waals surface area contributed by atoms with Crippen molar-refractivity contribution in [3.63, 3.8) is 0 Å². The normalized spacial score (nSPS) is 16.9. The third kappa shape index (κ3) is 7.08. The molecule has 1 fully saturated rings. The maximum Gasteiger partial charge on any atom is 0.330 e. The van der Waals surface area contributed by atoms with Crippen LogP contribution in [0.4, 0.5) is 10.5 Å². The van der Waals surface area contributed by atoms with E-state index >= 15 is 0 Å². The molecule has 1 unspecified atom stereocenters. The number of aliphatic carboxylic acids is 2. The minimum absolute atomic E-state index is 0.0191. The van der Waals surface area contributed by atoms with Gasteiger partial charge in [-0.2, -0.15) is 0 Å². The van der Waals surface area contributed by atoms with Gasteiger partial charge in [0.15, 0.2) is 11.7 Å². The number of nitrogens with zero attached hydrogens (tertiary/aromatic N) is 3. The number of carboxylic acids is 2. The van der Waals surface area contributed by atoms with Gasteiger partial charge in [-0.3, -0.25) is 24.1 Å². The summed E-state index contributed by atoms with van der Waals surface area (Å²) in [5, 5.41) is 25.6. The second kappa shape index (κ2) is 14.1. The Morgan fingerprint density at radius 3 is 2.14 bits per heavy atom. The van der Waals surface area contributed by atoms with E-state index in [1.54, 1.807) is 30.3 Å². The highest BCUT2D eigenvalue weighted by Gasteiger charge is 2.55. The Bertz CT molecular complexity index is 1990. The van der Waals surface area contributed by atoms with Gasteiger partial charge in [0.25, 0.3) is 5.91 Å². The summed E-state index contributed by atoms with van der Waals surface area (Å²) in [6.45, 7) is 7.95. The molecule has 13 heteroatoms. The van der Waals surface area contributed by atoms with Crippen LogP contribution in [0.25, 0.3) is 15.6 Å². The Morgan fingerprint density at radius 2 is 1.51 bits per heavy atom. The average molecular weight is 662 g/mol. The highest BCUT2D eigenvalue weighted by molar-refractivity contribution is 6.09. The SMILES string of the molecule is [C-]#[N+]c1ccc(C2(C)C(=O)N(CC(=O)N[C@@H](CC(=O)O)C(=O)N[C@H](C(=O)O)c3ccccc3)C(=O)N2Cc2ccc3ccccc3c2)cc1.